The second-order valence-corrected chi connectivity index (χ2v) is 5.58. The van der Waals surface area contributed by atoms with E-state index in [0.29, 0.717) is 0 Å². The predicted octanol–water partition coefficient (Wildman–Crippen LogP) is 3.37. The summed E-state index contributed by atoms with van der Waals surface area (Å²) in [5, 5.41) is 0. The highest BCUT2D eigenvalue weighted by Gasteiger charge is 2.09. The fourth-order valence-corrected chi connectivity index (χ4v) is 2.68. The summed E-state index contributed by atoms with van der Waals surface area (Å²) in [6, 6.07) is 17.8. The van der Waals surface area contributed by atoms with Crippen LogP contribution >= 0.6 is 0 Å². The van der Waals surface area contributed by atoms with E-state index in [1.54, 1.807) is 0 Å². The molecule has 0 spiro atoms. The average Bonchev–Trinajstić information content (AvgIpc) is 2.40. The van der Waals surface area contributed by atoms with Crippen molar-refractivity contribution in [2.24, 2.45) is 0 Å². The van der Waals surface area contributed by atoms with Gasteiger partial charge in [-0.2, -0.15) is 0 Å². The van der Waals surface area contributed by atoms with Crippen molar-refractivity contribution in [3.05, 3.63) is 65.7 Å². The highest BCUT2D eigenvalue weighted by atomic mass is 32.2. The Balaban J connectivity index is 2.06. The molecule has 0 saturated heterocycles. The second kappa shape index (κ2) is 5.94. The topological polar surface area (TPSA) is 29.1 Å². The van der Waals surface area contributed by atoms with E-state index in [2.05, 4.69) is 4.72 Å². The molecular weight excluding hydrogens is 242 g/mol. The zero-order valence-corrected chi connectivity index (χ0v) is 11.4. The van der Waals surface area contributed by atoms with Gasteiger partial charge in [0.25, 0.3) is 0 Å². The van der Waals surface area contributed by atoms with Gasteiger partial charge in [-0.3, -0.25) is 0 Å². The molecule has 0 aromatic heterocycles. The molecule has 0 aliphatic heterocycles. The molecular formula is C15H17NOS. The van der Waals surface area contributed by atoms with Crippen molar-refractivity contribution < 1.29 is 4.21 Å². The molecule has 0 saturated carbocycles. The smallest absolute Gasteiger partial charge is 0.125 e. The number of benzene rings is 2. The van der Waals surface area contributed by atoms with E-state index in [9.17, 15) is 4.21 Å². The van der Waals surface area contributed by atoms with Gasteiger partial charge < -0.3 is 0 Å². The molecule has 2 aromatic rings. The zero-order valence-electron chi connectivity index (χ0n) is 10.6. The molecule has 1 N–H and O–H groups in total. The first kappa shape index (κ1) is 13.0. The lowest BCUT2D eigenvalue weighted by atomic mass is 10.1. The molecule has 2 atom stereocenters. The standard InChI is InChI=1S/C15H17NOS/c1-12-8-10-15(11-9-12)18(17)16-13(2)14-6-4-3-5-7-14/h3-11,13,16H,1-2H3/t13-,18-/m1/s1. The third-order valence-electron chi connectivity index (χ3n) is 2.82. The van der Waals surface area contributed by atoms with Crippen molar-refractivity contribution in [3.8, 4) is 0 Å². The number of aryl methyl sites for hydroxylation is 1. The van der Waals surface area contributed by atoms with Crippen LogP contribution in [0, 0.1) is 6.92 Å². The first-order valence-electron chi connectivity index (χ1n) is 5.96. The van der Waals surface area contributed by atoms with Crippen LogP contribution in [0.15, 0.2) is 59.5 Å². The van der Waals surface area contributed by atoms with Gasteiger partial charge in [0.2, 0.25) is 0 Å². The van der Waals surface area contributed by atoms with Gasteiger partial charge in [-0.05, 0) is 31.5 Å². The summed E-state index contributed by atoms with van der Waals surface area (Å²) >= 11 is 0. The fraction of sp³-hybridized carbons (Fsp3) is 0.200. The molecule has 18 heavy (non-hydrogen) atoms. The van der Waals surface area contributed by atoms with Gasteiger partial charge in [0.1, 0.15) is 11.0 Å². The van der Waals surface area contributed by atoms with Crippen molar-refractivity contribution in [3.63, 3.8) is 0 Å². The van der Waals surface area contributed by atoms with Crippen LogP contribution in [0.4, 0.5) is 0 Å². The lowest BCUT2D eigenvalue weighted by Crippen LogP contribution is -2.21. The minimum absolute atomic E-state index is 0.0633. The summed E-state index contributed by atoms with van der Waals surface area (Å²) in [6.45, 7) is 4.04. The van der Waals surface area contributed by atoms with E-state index < -0.39 is 11.0 Å². The quantitative estimate of drug-likeness (QED) is 0.896. The van der Waals surface area contributed by atoms with Gasteiger partial charge in [-0.1, -0.05) is 48.0 Å². The Labute approximate surface area is 111 Å². The van der Waals surface area contributed by atoms with Gasteiger partial charge in [0.15, 0.2) is 0 Å². The van der Waals surface area contributed by atoms with E-state index in [4.69, 9.17) is 0 Å². The van der Waals surface area contributed by atoms with Crippen LogP contribution in [0.2, 0.25) is 0 Å². The van der Waals surface area contributed by atoms with Crippen molar-refractivity contribution >= 4 is 11.0 Å². The monoisotopic (exact) mass is 259 g/mol. The van der Waals surface area contributed by atoms with Crippen LogP contribution in [-0.4, -0.2) is 4.21 Å². The van der Waals surface area contributed by atoms with Crippen molar-refractivity contribution in [2.45, 2.75) is 24.8 Å². The minimum Gasteiger partial charge on any atom is -0.237 e. The third kappa shape index (κ3) is 3.28. The van der Waals surface area contributed by atoms with Crippen LogP contribution < -0.4 is 4.72 Å². The van der Waals surface area contributed by atoms with E-state index in [-0.39, 0.29) is 6.04 Å². The Bertz CT molecular complexity index is 522. The Morgan fingerprint density at radius 1 is 1.00 bits per heavy atom. The summed E-state index contributed by atoms with van der Waals surface area (Å²) in [7, 11) is -1.17. The maximum absolute atomic E-state index is 12.1. The molecule has 0 unspecified atom stereocenters. The molecule has 94 valence electrons. The minimum atomic E-state index is -1.17. The maximum Gasteiger partial charge on any atom is 0.125 e. The van der Waals surface area contributed by atoms with Crippen molar-refractivity contribution in [1.29, 1.82) is 0 Å². The van der Waals surface area contributed by atoms with Gasteiger partial charge in [-0.15, -0.1) is 0 Å². The molecule has 0 amide bonds. The Hall–Kier alpha value is -1.45. The van der Waals surface area contributed by atoms with Crippen LogP contribution in [-0.2, 0) is 11.0 Å². The SMILES string of the molecule is Cc1ccc([S@@](=O)N[C@H](C)c2ccccc2)cc1. The molecule has 0 aliphatic rings. The fourth-order valence-electron chi connectivity index (χ4n) is 1.70. The molecule has 2 rings (SSSR count). The van der Waals surface area contributed by atoms with Crippen LogP contribution in [0.1, 0.15) is 24.1 Å². The third-order valence-corrected chi connectivity index (χ3v) is 4.09. The number of nitrogens with one attached hydrogen (secondary N) is 1. The number of hydrogen-bond donors (Lipinski definition) is 1. The predicted molar refractivity (Wildman–Crippen MR) is 75.6 cm³/mol. The Morgan fingerprint density at radius 2 is 1.61 bits per heavy atom. The molecule has 2 aromatic carbocycles. The van der Waals surface area contributed by atoms with Crippen LogP contribution in [0.3, 0.4) is 0 Å². The molecule has 0 aliphatic carbocycles. The number of rotatable bonds is 4. The normalized spacial score (nSPS) is 14.1. The average molecular weight is 259 g/mol. The van der Waals surface area contributed by atoms with Crippen molar-refractivity contribution in [1.82, 2.24) is 4.72 Å². The van der Waals surface area contributed by atoms with Gasteiger partial charge in [0, 0.05) is 6.04 Å². The lowest BCUT2D eigenvalue weighted by Gasteiger charge is -2.13. The first-order valence-corrected chi connectivity index (χ1v) is 7.11. The largest absolute Gasteiger partial charge is 0.237 e. The van der Waals surface area contributed by atoms with Crippen LogP contribution in [0.5, 0.6) is 0 Å². The number of hydrogen-bond acceptors (Lipinski definition) is 1. The summed E-state index contributed by atoms with van der Waals surface area (Å²) in [5.41, 5.74) is 2.31. The summed E-state index contributed by atoms with van der Waals surface area (Å²) in [5.74, 6) is 0. The molecule has 0 fully saturated rings. The molecule has 3 heteroatoms. The van der Waals surface area contributed by atoms with Gasteiger partial charge >= 0.3 is 0 Å². The van der Waals surface area contributed by atoms with Crippen molar-refractivity contribution in [2.75, 3.05) is 0 Å². The maximum atomic E-state index is 12.1. The van der Waals surface area contributed by atoms with Crippen LogP contribution in [0.25, 0.3) is 0 Å². The van der Waals surface area contributed by atoms with E-state index in [1.807, 2.05) is 68.4 Å². The Morgan fingerprint density at radius 3 is 2.22 bits per heavy atom. The van der Waals surface area contributed by atoms with Gasteiger partial charge in [-0.25, -0.2) is 8.93 Å². The molecule has 0 bridgehead atoms. The zero-order chi connectivity index (χ0) is 13.0. The summed E-state index contributed by atoms with van der Waals surface area (Å²) in [6.07, 6.45) is 0. The second-order valence-electron chi connectivity index (χ2n) is 4.33. The molecule has 0 heterocycles. The van der Waals surface area contributed by atoms with E-state index in [0.717, 1.165) is 10.5 Å². The van der Waals surface area contributed by atoms with E-state index >= 15 is 0 Å². The molecule has 2 nitrogen and oxygen atoms in total. The Kier molecular flexibility index (Phi) is 4.28. The highest BCUT2D eigenvalue weighted by molar-refractivity contribution is 7.83. The van der Waals surface area contributed by atoms with Gasteiger partial charge in [0.05, 0.1) is 4.90 Å². The molecule has 0 radical (unpaired) electrons. The lowest BCUT2D eigenvalue weighted by molar-refractivity contribution is 0.651. The first-order chi connectivity index (χ1) is 8.66. The highest BCUT2D eigenvalue weighted by Crippen LogP contribution is 2.14. The summed E-state index contributed by atoms with van der Waals surface area (Å²) in [4.78, 5) is 0.809. The summed E-state index contributed by atoms with van der Waals surface area (Å²) < 4.78 is 15.2. The van der Waals surface area contributed by atoms with E-state index in [1.165, 1.54) is 5.56 Å².